The molecule has 1 heterocycles. The Morgan fingerprint density at radius 2 is 2.20 bits per heavy atom. The molecule has 0 aliphatic carbocycles. The number of aryl methyl sites for hydroxylation is 1. The lowest BCUT2D eigenvalue weighted by Crippen LogP contribution is -2.12. The van der Waals surface area contributed by atoms with Crippen LogP contribution in [0.2, 0.25) is 5.02 Å². The molecular weight excluding hydrogens is 276 g/mol. The van der Waals surface area contributed by atoms with Crippen LogP contribution in [0, 0.1) is 18.8 Å². The second-order valence-corrected chi connectivity index (χ2v) is 4.67. The molecule has 5 heteroatoms. The first-order chi connectivity index (χ1) is 9.58. The molecule has 0 unspecified atom stereocenters. The van der Waals surface area contributed by atoms with Crippen LogP contribution in [0.15, 0.2) is 30.5 Å². The fraction of sp³-hybridized carbons (Fsp3) is 0.133. The van der Waals surface area contributed by atoms with E-state index in [9.17, 15) is 4.79 Å². The van der Waals surface area contributed by atoms with Crippen LogP contribution in [-0.2, 0) is 0 Å². The number of hydrogen-bond acceptors (Lipinski definition) is 2. The Morgan fingerprint density at radius 1 is 1.40 bits per heavy atom. The molecule has 20 heavy (non-hydrogen) atoms. The summed E-state index contributed by atoms with van der Waals surface area (Å²) in [5.74, 6) is 5.11. The van der Waals surface area contributed by atoms with Crippen molar-refractivity contribution in [1.82, 2.24) is 4.98 Å². The molecule has 4 nitrogen and oxygen atoms in total. The average molecular weight is 289 g/mol. The maximum atomic E-state index is 12.0. The Balaban J connectivity index is 2.20. The summed E-state index contributed by atoms with van der Waals surface area (Å²) in [6, 6.07) is 7.02. The highest BCUT2D eigenvalue weighted by Crippen LogP contribution is 2.16. The van der Waals surface area contributed by atoms with Crippen molar-refractivity contribution in [3.05, 3.63) is 52.3 Å². The van der Waals surface area contributed by atoms with Gasteiger partial charge >= 0.3 is 0 Å². The van der Waals surface area contributed by atoms with Crippen LogP contribution in [0.4, 0.5) is 5.69 Å². The van der Waals surface area contributed by atoms with Crippen molar-refractivity contribution in [2.45, 2.75) is 6.92 Å². The molecule has 102 valence electrons. The average Bonchev–Trinajstić information content (AvgIpc) is 2.82. The molecule has 0 saturated carbocycles. The lowest BCUT2D eigenvalue weighted by Gasteiger charge is -2.06. The number of anilines is 1. The van der Waals surface area contributed by atoms with E-state index in [0.717, 1.165) is 11.1 Å². The topological polar surface area (TPSA) is 65.1 Å². The Hall–Kier alpha value is -2.22. The molecule has 0 saturated heterocycles. The van der Waals surface area contributed by atoms with Crippen molar-refractivity contribution in [2.24, 2.45) is 0 Å². The van der Waals surface area contributed by atoms with E-state index >= 15 is 0 Å². The Bertz CT molecular complexity index is 695. The number of carbonyl (C=O) groups excluding carboxylic acids is 1. The van der Waals surface area contributed by atoms with Gasteiger partial charge in [0.2, 0.25) is 0 Å². The van der Waals surface area contributed by atoms with Gasteiger partial charge in [-0.1, -0.05) is 23.4 Å². The van der Waals surface area contributed by atoms with Crippen molar-refractivity contribution in [1.29, 1.82) is 0 Å². The lowest BCUT2D eigenvalue weighted by atomic mass is 10.1. The number of aromatic nitrogens is 1. The Kier molecular flexibility index (Phi) is 4.46. The van der Waals surface area contributed by atoms with E-state index in [1.807, 2.05) is 19.1 Å². The van der Waals surface area contributed by atoms with E-state index in [1.165, 1.54) is 0 Å². The van der Waals surface area contributed by atoms with Crippen LogP contribution in [0.25, 0.3) is 0 Å². The third-order valence-electron chi connectivity index (χ3n) is 2.54. The van der Waals surface area contributed by atoms with E-state index < -0.39 is 0 Å². The number of amides is 1. The number of aliphatic hydroxyl groups excluding tert-OH is 1. The van der Waals surface area contributed by atoms with Gasteiger partial charge in [0.25, 0.3) is 5.91 Å². The van der Waals surface area contributed by atoms with Crippen molar-refractivity contribution < 1.29 is 9.90 Å². The maximum Gasteiger partial charge on any atom is 0.272 e. The molecule has 0 fully saturated rings. The number of halogens is 1. The minimum absolute atomic E-state index is 0.198. The van der Waals surface area contributed by atoms with Crippen molar-refractivity contribution in [3.63, 3.8) is 0 Å². The van der Waals surface area contributed by atoms with Crippen LogP contribution in [0.3, 0.4) is 0 Å². The molecule has 2 rings (SSSR count). The molecule has 0 radical (unpaired) electrons. The van der Waals surface area contributed by atoms with Crippen LogP contribution in [0.1, 0.15) is 21.6 Å². The fourth-order valence-corrected chi connectivity index (χ4v) is 1.93. The SMILES string of the molecule is Cc1cc(C#CCO)cc(NC(=O)c2cc(Cl)c[nH]2)c1. The highest BCUT2D eigenvalue weighted by atomic mass is 35.5. The third kappa shape index (κ3) is 3.64. The van der Waals surface area contributed by atoms with Gasteiger partial charge in [0, 0.05) is 17.4 Å². The molecule has 3 N–H and O–H groups in total. The molecule has 0 aliphatic heterocycles. The Labute approximate surface area is 121 Å². The number of hydrogen-bond donors (Lipinski definition) is 3. The molecule has 2 aromatic rings. The largest absolute Gasteiger partial charge is 0.384 e. The van der Waals surface area contributed by atoms with Crippen LogP contribution < -0.4 is 5.32 Å². The minimum Gasteiger partial charge on any atom is -0.384 e. The molecule has 0 bridgehead atoms. The van der Waals surface area contributed by atoms with E-state index in [4.69, 9.17) is 16.7 Å². The van der Waals surface area contributed by atoms with Crippen LogP contribution in [0.5, 0.6) is 0 Å². The molecule has 0 aliphatic rings. The van der Waals surface area contributed by atoms with Gasteiger partial charge in [-0.3, -0.25) is 4.79 Å². The fourth-order valence-electron chi connectivity index (χ4n) is 1.77. The van der Waals surface area contributed by atoms with Gasteiger partial charge in [0.05, 0.1) is 5.02 Å². The van der Waals surface area contributed by atoms with Gasteiger partial charge in [-0.05, 0) is 36.8 Å². The van der Waals surface area contributed by atoms with Gasteiger partial charge in [-0.15, -0.1) is 0 Å². The van der Waals surface area contributed by atoms with Gasteiger partial charge in [-0.25, -0.2) is 0 Å². The summed E-state index contributed by atoms with van der Waals surface area (Å²) in [6.07, 6.45) is 1.55. The van der Waals surface area contributed by atoms with Gasteiger partial charge in [0.15, 0.2) is 0 Å². The molecule has 1 aromatic heterocycles. The van der Waals surface area contributed by atoms with Crippen molar-refractivity contribution in [3.8, 4) is 11.8 Å². The highest BCUT2D eigenvalue weighted by Gasteiger charge is 2.08. The van der Waals surface area contributed by atoms with Crippen LogP contribution in [-0.4, -0.2) is 22.6 Å². The first-order valence-electron chi connectivity index (χ1n) is 5.95. The summed E-state index contributed by atoms with van der Waals surface area (Å²) in [7, 11) is 0. The molecular formula is C15H13ClN2O2. The number of aliphatic hydroxyl groups is 1. The maximum absolute atomic E-state index is 12.0. The van der Waals surface area contributed by atoms with E-state index in [-0.39, 0.29) is 12.5 Å². The summed E-state index contributed by atoms with van der Waals surface area (Å²) in [4.78, 5) is 14.8. The normalized spacial score (nSPS) is 9.75. The number of benzene rings is 1. The number of aromatic amines is 1. The molecule has 0 atom stereocenters. The summed E-state index contributed by atoms with van der Waals surface area (Å²) in [6.45, 7) is 1.71. The van der Waals surface area contributed by atoms with Crippen LogP contribution >= 0.6 is 11.6 Å². The summed E-state index contributed by atoms with van der Waals surface area (Å²) < 4.78 is 0. The highest BCUT2D eigenvalue weighted by molar-refractivity contribution is 6.31. The predicted molar refractivity (Wildman–Crippen MR) is 78.9 cm³/mol. The molecule has 1 amide bonds. The predicted octanol–water partition coefficient (Wildman–Crippen LogP) is 2.57. The minimum atomic E-state index is -0.274. The first-order valence-corrected chi connectivity index (χ1v) is 6.33. The zero-order valence-electron chi connectivity index (χ0n) is 10.8. The van der Waals surface area contributed by atoms with Gasteiger partial charge in [-0.2, -0.15) is 0 Å². The number of carbonyl (C=O) groups is 1. The Morgan fingerprint density at radius 3 is 2.85 bits per heavy atom. The monoisotopic (exact) mass is 288 g/mol. The third-order valence-corrected chi connectivity index (χ3v) is 2.76. The van der Waals surface area contributed by atoms with Gasteiger partial charge in [0.1, 0.15) is 12.3 Å². The number of rotatable bonds is 2. The number of H-pyrrole nitrogens is 1. The first kappa shape index (κ1) is 14.2. The van der Waals surface area contributed by atoms with E-state index in [0.29, 0.717) is 16.4 Å². The van der Waals surface area contributed by atoms with Crippen molar-refractivity contribution >= 4 is 23.2 Å². The van der Waals surface area contributed by atoms with Gasteiger partial charge < -0.3 is 15.4 Å². The second kappa shape index (κ2) is 6.29. The lowest BCUT2D eigenvalue weighted by molar-refractivity contribution is 0.102. The van der Waals surface area contributed by atoms with E-state index in [1.54, 1.807) is 18.3 Å². The van der Waals surface area contributed by atoms with E-state index in [2.05, 4.69) is 22.1 Å². The summed E-state index contributed by atoms with van der Waals surface area (Å²) >= 11 is 5.76. The molecule has 1 aromatic carbocycles. The quantitative estimate of drug-likeness (QED) is 0.744. The zero-order valence-corrected chi connectivity index (χ0v) is 11.6. The van der Waals surface area contributed by atoms with Crippen molar-refractivity contribution in [2.75, 3.05) is 11.9 Å². The summed E-state index contributed by atoms with van der Waals surface area (Å²) in [5.41, 5.74) is 2.73. The second-order valence-electron chi connectivity index (χ2n) is 4.23. The number of nitrogens with one attached hydrogen (secondary N) is 2. The molecule has 0 spiro atoms. The zero-order chi connectivity index (χ0) is 14.5. The standard InChI is InChI=1S/C15H13ClN2O2/c1-10-5-11(3-2-4-19)7-13(6-10)18-15(20)14-8-12(16)9-17-14/h5-9,17,19H,4H2,1H3,(H,18,20). The smallest absolute Gasteiger partial charge is 0.272 e. The summed E-state index contributed by atoms with van der Waals surface area (Å²) in [5, 5.41) is 12.0.